The number of benzene rings is 3. The number of pyridine rings is 1. The quantitative estimate of drug-likeness (QED) is 0.279. The lowest BCUT2D eigenvalue weighted by molar-refractivity contribution is 0.285. The number of rotatable bonds is 11. The van der Waals surface area contributed by atoms with Crippen LogP contribution in [0.5, 0.6) is 5.75 Å². The maximum absolute atomic E-state index is 14.6. The van der Waals surface area contributed by atoms with E-state index in [0.29, 0.717) is 5.92 Å². The van der Waals surface area contributed by atoms with E-state index < -0.39 is 0 Å². The number of hydrogen-bond acceptors (Lipinski definition) is 3. The van der Waals surface area contributed by atoms with Crippen LogP contribution in [0.3, 0.4) is 0 Å². The van der Waals surface area contributed by atoms with Gasteiger partial charge in [0.1, 0.15) is 6.61 Å². The average Bonchev–Trinajstić information content (AvgIpc) is 2.88. The summed E-state index contributed by atoms with van der Waals surface area (Å²) in [6, 6.07) is 32.3. The van der Waals surface area contributed by atoms with Crippen LogP contribution in [0.2, 0.25) is 0 Å². The minimum atomic E-state index is -0.339. The molecule has 1 heterocycles. The fourth-order valence-electron chi connectivity index (χ4n) is 4.22. The van der Waals surface area contributed by atoms with Crippen LogP contribution in [-0.2, 0) is 13.0 Å². The molecule has 0 bridgehead atoms. The van der Waals surface area contributed by atoms with Crippen LogP contribution in [0.1, 0.15) is 41.6 Å². The Morgan fingerprint density at radius 2 is 1.53 bits per heavy atom. The third-order valence-electron chi connectivity index (χ3n) is 5.97. The molecule has 34 heavy (non-hydrogen) atoms. The van der Waals surface area contributed by atoms with Gasteiger partial charge < -0.3 is 10.1 Å². The van der Waals surface area contributed by atoms with Crippen molar-refractivity contribution >= 4 is 0 Å². The predicted octanol–water partition coefficient (Wildman–Crippen LogP) is 6.54. The summed E-state index contributed by atoms with van der Waals surface area (Å²) in [6.45, 7) is 3.27. The minimum absolute atomic E-state index is 0.229. The van der Waals surface area contributed by atoms with Crippen LogP contribution < -0.4 is 10.1 Å². The van der Waals surface area contributed by atoms with Crippen molar-refractivity contribution in [2.45, 2.75) is 38.3 Å². The van der Waals surface area contributed by atoms with Crippen molar-refractivity contribution in [1.82, 2.24) is 10.3 Å². The standard InChI is InChI=1S/C30H31FN2O/c1-23(20-24-15-16-30(29(31)21-24)34-22-27-14-8-9-18-33-27)32-19-17-28(25-10-4-2-5-11-25)26-12-6-3-7-13-26/h2-16,18,21,23,28,32H,17,19-20,22H2,1H3. The molecule has 174 valence electrons. The number of nitrogens with zero attached hydrogens (tertiary/aromatic N) is 1. The van der Waals surface area contributed by atoms with E-state index in [-0.39, 0.29) is 24.2 Å². The number of ether oxygens (including phenoxy) is 1. The Balaban J connectivity index is 1.30. The summed E-state index contributed by atoms with van der Waals surface area (Å²) >= 11 is 0. The van der Waals surface area contributed by atoms with E-state index in [2.05, 4.69) is 77.9 Å². The van der Waals surface area contributed by atoms with Crippen LogP contribution in [0.15, 0.2) is 103 Å². The van der Waals surface area contributed by atoms with E-state index in [9.17, 15) is 4.39 Å². The highest BCUT2D eigenvalue weighted by Crippen LogP contribution is 2.27. The summed E-state index contributed by atoms with van der Waals surface area (Å²) in [7, 11) is 0. The first kappa shape index (κ1) is 23.7. The van der Waals surface area contributed by atoms with Crippen molar-refractivity contribution in [1.29, 1.82) is 0 Å². The van der Waals surface area contributed by atoms with Crippen LogP contribution in [-0.4, -0.2) is 17.6 Å². The smallest absolute Gasteiger partial charge is 0.165 e. The second kappa shape index (κ2) is 12.1. The summed E-state index contributed by atoms with van der Waals surface area (Å²) in [4.78, 5) is 4.20. The largest absolute Gasteiger partial charge is 0.484 e. The number of aromatic nitrogens is 1. The Hall–Kier alpha value is -3.50. The molecule has 4 heteroatoms. The number of halogens is 1. The third-order valence-corrected chi connectivity index (χ3v) is 5.97. The highest BCUT2D eigenvalue weighted by atomic mass is 19.1. The van der Waals surface area contributed by atoms with E-state index in [0.717, 1.165) is 30.6 Å². The van der Waals surface area contributed by atoms with Crippen molar-refractivity contribution in [2.75, 3.05) is 6.54 Å². The minimum Gasteiger partial charge on any atom is -0.484 e. The molecule has 4 aromatic rings. The lowest BCUT2D eigenvalue weighted by Gasteiger charge is -2.20. The summed E-state index contributed by atoms with van der Waals surface area (Å²) in [5, 5.41) is 3.62. The lowest BCUT2D eigenvalue weighted by Crippen LogP contribution is -2.30. The van der Waals surface area contributed by atoms with E-state index in [1.807, 2.05) is 24.3 Å². The Kier molecular flexibility index (Phi) is 8.42. The Bertz CT molecular complexity index is 1100. The first-order chi connectivity index (χ1) is 16.7. The van der Waals surface area contributed by atoms with Gasteiger partial charge in [-0.2, -0.15) is 0 Å². The molecule has 0 aliphatic heterocycles. The molecule has 3 aromatic carbocycles. The van der Waals surface area contributed by atoms with E-state index in [4.69, 9.17) is 4.74 Å². The molecule has 3 nitrogen and oxygen atoms in total. The van der Waals surface area contributed by atoms with Gasteiger partial charge >= 0.3 is 0 Å². The molecule has 1 unspecified atom stereocenters. The number of nitrogens with one attached hydrogen (secondary N) is 1. The molecule has 0 aliphatic carbocycles. The first-order valence-corrected chi connectivity index (χ1v) is 11.8. The van der Waals surface area contributed by atoms with Gasteiger partial charge in [-0.25, -0.2) is 4.39 Å². The van der Waals surface area contributed by atoms with E-state index in [1.165, 1.54) is 11.1 Å². The molecule has 0 saturated carbocycles. The van der Waals surface area contributed by atoms with Crippen molar-refractivity contribution in [2.24, 2.45) is 0 Å². The van der Waals surface area contributed by atoms with Crippen LogP contribution in [0.4, 0.5) is 4.39 Å². The predicted molar refractivity (Wildman–Crippen MR) is 135 cm³/mol. The van der Waals surface area contributed by atoms with Gasteiger partial charge in [-0.1, -0.05) is 72.8 Å². The Labute approximate surface area is 201 Å². The molecule has 0 fully saturated rings. The zero-order valence-corrected chi connectivity index (χ0v) is 19.5. The normalized spacial score (nSPS) is 12.0. The average molecular weight is 455 g/mol. The van der Waals surface area contributed by atoms with Gasteiger partial charge in [0, 0.05) is 18.2 Å². The Morgan fingerprint density at radius 1 is 0.853 bits per heavy atom. The first-order valence-electron chi connectivity index (χ1n) is 11.8. The highest BCUT2D eigenvalue weighted by Gasteiger charge is 2.14. The molecule has 1 N–H and O–H groups in total. The topological polar surface area (TPSA) is 34.1 Å². The molecule has 0 saturated heterocycles. The maximum atomic E-state index is 14.6. The van der Waals surface area contributed by atoms with Gasteiger partial charge in [-0.15, -0.1) is 0 Å². The molecular formula is C30H31FN2O. The van der Waals surface area contributed by atoms with E-state index >= 15 is 0 Å². The van der Waals surface area contributed by atoms with Crippen LogP contribution in [0.25, 0.3) is 0 Å². The summed E-state index contributed by atoms with van der Waals surface area (Å²) < 4.78 is 20.2. The zero-order chi connectivity index (χ0) is 23.6. The molecule has 4 rings (SSSR count). The SMILES string of the molecule is CC(Cc1ccc(OCc2ccccn2)c(F)c1)NCCC(c1ccccc1)c1ccccc1. The van der Waals surface area contributed by atoms with Crippen molar-refractivity contribution in [3.8, 4) is 5.75 Å². The second-order valence-corrected chi connectivity index (χ2v) is 8.60. The third kappa shape index (κ3) is 6.75. The molecule has 0 spiro atoms. The van der Waals surface area contributed by atoms with Gasteiger partial charge in [0.25, 0.3) is 0 Å². The molecule has 0 radical (unpaired) electrons. The number of hydrogen-bond donors (Lipinski definition) is 1. The van der Waals surface area contributed by atoms with Crippen molar-refractivity contribution < 1.29 is 9.13 Å². The van der Waals surface area contributed by atoms with Gasteiger partial charge in [0.05, 0.1) is 5.69 Å². The van der Waals surface area contributed by atoms with Crippen LogP contribution >= 0.6 is 0 Å². The van der Waals surface area contributed by atoms with E-state index in [1.54, 1.807) is 18.3 Å². The summed E-state index contributed by atoms with van der Waals surface area (Å²) in [5.41, 5.74) is 4.37. The second-order valence-electron chi connectivity index (χ2n) is 8.60. The van der Waals surface area contributed by atoms with Gasteiger partial charge in [-0.05, 0) is 67.3 Å². The fourth-order valence-corrected chi connectivity index (χ4v) is 4.22. The maximum Gasteiger partial charge on any atom is 0.165 e. The van der Waals surface area contributed by atoms with Crippen molar-refractivity contribution in [3.05, 3.63) is 131 Å². The molecular weight excluding hydrogens is 423 g/mol. The molecule has 1 aromatic heterocycles. The molecule has 1 atom stereocenters. The molecule has 0 aliphatic rings. The summed E-state index contributed by atoms with van der Waals surface area (Å²) in [5.74, 6) is 0.257. The highest BCUT2D eigenvalue weighted by molar-refractivity contribution is 5.32. The monoisotopic (exact) mass is 454 g/mol. The van der Waals surface area contributed by atoms with Crippen molar-refractivity contribution in [3.63, 3.8) is 0 Å². The van der Waals surface area contributed by atoms with Gasteiger partial charge in [0.15, 0.2) is 11.6 Å². The van der Waals surface area contributed by atoms with Gasteiger partial charge in [-0.3, -0.25) is 4.98 Å². The molecule has 0 amide bonds. The zero-order valence-electron chi connectivity index (χ0n) is 19.5. The lowest BCUT2D eigenvalue weighted by atomic mass is 9.88. The van der Waals surface area contributed by atoms with Crippen LogP contribution in [0, 0.1) is 5.82 Å². The Morgan fingerprint density at radius 3 is 2.15 bits per heavy atom. The summed E-state index contributed by atoms with van der Waals surface area (Å²) in [6.07, 6.45) is 3.44. The van der Waals surface area contributed by atoms with Gasteiger partial charge in [0.2, 0.25) is 0 Å². The fraction of sp³-hybridized carbons (Fsp3) is 0.233.